The van der Waals surface area contributed by atoms with Crippen LogP contribution < -0.4 is 15.4 Å². The number of hydrogen-bond donors (Lipinski definition) is 2. The average Bonchev–Trinajstić information content (AvgIpc) is 2.76. The predicted molar refractivity (Wildman–Crippen MR) is 83.3 cm³/mol. The number of sulfone groups is 1. The van der Waals surface area contributed by atoms with E-state index in [-0.39, 0.29) is 17.3 Å². The number of urea groups is 1. The Balaban J connectivity index is 1.77. The topological polar surface area (TPSA) is 102 Å². The van der Waals surface area contributed by atoms with Gasteiger partial charge in [-0.15, -0.1) is 0 Å². The zero-order chi connectivity index (χ0) is 17.0. The van der Waals surface area contributed by atoms with Crippen molar-refractivity contribution < 1.29 is 27.1 Å². The van der Waals surface area contributed by atoms with E-state index in [1.54, 1.807) is 6.07 Å². The first-order chi connectivity index (χ1) is 10.7. The van der Waals surface area contributed by atoms with E-state index < -0.39 is 40.2 Å². The molecule has 1 unspecified atom stereocenters. The van der Waals surface area contributed by atoms with Crippen LogP contribution in [0.2, 0.25) is 0 Å². The molecule has 1 aromatic rings. The molecule has 1 aromatic carbocycles. The number of ether oxygens (including phenoxy) is 1. The van der Waals surface area contributed by atoms with Crippen molar-refractivity contribution in [1.29, 1.82) is 0 Å². The van der Waals surface area contributed by atoms with E-state index in [2.05, 4.69) is 21.2 Å². The predicted octanol–water partition coefficient (Wildman–Crippen LogP) is 0.980. The molecule has 1 saturated heterocycles. The second-order valence-electron chi connectivity index (χ2n) is 4.99. The third-order valence-corrected chi connectivity index (χ3v) is 5.33. The van der Waals surface area contributed by atoms with E-state index >= 15 is 0 Å². The van der Waals surface area contributed by atoms with E-state index in [0.29, 0.717) is 10.9 Å². The Morgan fingerprint density at radius 2 is 2.13 bits per heavy atom. The molecule has 0 aliphatic carbocycles. The van der Waals surface area contributed by atoms with Gasteiger partial charge >= 0.3 is 6.03 Å². The van der Waals surface area contributed by atoms with Gasteiger partial charge in [-0.3, -0.25) is 10.1 Å². The lowest BCUT2D eigenvalue weighted by atomic mass is 10.3. The van der Waals surface area contributed by atoms with Crippen molar-refractivity contribution in [2.45, 2.75) is 12.5 Å². The van der Waals surface area contributed by atoms with Gasteiger partial charge in [0.2, 0.25) is 0 Å². The quantitative estimate of drug-likeness (QED) is 0.772. The van der Waals surface area contributed by atoms with E-state index in [0.717, 1.165) is 0 Å². The van der Waals surface area contributed by atoms with Gasteiger partial charge in [-0.2, -0.15) is 0 Å². The second kappa shape index (κ2) is 7.26. The fourth-order valence-electron chi connectivity index (χ4n) is 2.03. The minimum atomic E-state index is -3.12. The minimum absolute atomic E-state index is 0.0118. The molecule has 0 bridgehead atoms. The van der Waals surface area contributed by atoms with Gasteiger partial charge in [-0.25, -0.2) is 17.6 Å². The first kappa shape index (κ1) is 17.7. The molecule has 0 spiro atoms. The van der Waals surface area contributed by atoms with Crippen molar-refractivity contribution in [2.24, 2.45) is 0 Å². The summed E-state index contributed by atoms with van der Waals surface area (Å²) in [5.41, 5.74) is 0. The minimum Gasteiger partial charge on any atom is -0.481 e. The summed E-state index contributed by atoms with van der Waals surface area (Å²) in [7, 11) is -3.12. The van der Waals surface area contributed by atoms with Crippen LogP contribution in [-0.2, 0) is 14.6 Å². The van der Waals surface area contributed by atoms with Crippen LogP contribution in [0, 0.1) is 5.82 Å². The van der Waals surface area contributed by atoms with E-state index in [4.69, 9.17) is 4.74 Å². The summed E-state index contributed by atoms with van der Waals surface area (Å²) in [6, 6.07) is 2.75. The Morgan fingerprint density at radius 3 is 2.74 bits per heavy atom. The number of benzene rings is 1. The maximum absolute atomic E-state index is 13.5. The maximum Gasteiger partial charge on any atom is 0.321 e. The third-order valence-electron chi connectivity index (χ3n) is 3.07. The number of carbonyl (C=O) groups excluding carboxylic acids is 2. The number of halogens is 2. The lowest BCUT2D eigenvalue weighted by molar-refractivity contribution is -0.122. The number of rotatable bonds is 4. The van der Waals surface area contributed by atoms with Crippen LogP contribution in [0.5, 0.6) is 5.75 Å². The summed E-state index contributed by atoms with van der Waals surface area (Å²) in [4.78, 5) is 23.1. The second-order valence-corrected chi connectivity index (χ2v) is 8.13. The van der Waals surface area contributed by atoms with Crippen molar-refractivity contribution >= 4 is 37.7 Å². The SMILES string of the molecule is O=C(COc1ccc(Br)cc1F)NC(=O)NC1CCS(=O)(=O)C1. The molecule has 0 aromatic heterocycles. The molecular formula is C13H14BrFN2O5S. The van der Waals surface area contributed by atoms with Crippen LogP contribution in [0.1, 0.15) is 6.42 Å². The highest BCUT2D eigenvalue weighted by atomic mass is 79.9. The fourth-order valence-corrected chi connectivity index (χ4v) is 4.04. The molecule has 0 saturated carbocycles. The van der Waals surface area contributed by atoms with Crippen molar-refractivity contribution in [1.82, 2.24) is 10.6 Å². The first-order valence-corrected chi connectivity index (χ1v) is 9.25. The molecule has 1 atom stereocenters. The molecule has 10 heteroatoms. The van der Waals surface area contributed by atoms with Gasteiger partial charge in [-0.05, 0) is 24.6 Å². The standard InChI is InChI=1S/C13H14BrFN2O5S/c14-8-1-2-11(10(15)5-8)22-6-12(18)17-13(19)16-9-3-4-23(20,21)7-9/h1-2,5,9H,3-4,6-7H2,(H2,16,17,18,19). The largest absolute Gasteiger partial charge is 0.481 e. The van der Waals surface area contributed by atoms with Crippen molar-refractivity contribution in [3.63, 3.8) is 0 Å². The van der Waals surface area contributed by atoms with E-state index in [9.17, 15) is 22.4 Å². The zero-order valence-corrected chi connectivity index (χ0v) is 14.2. The molecular weight excluding hydrogens is 395 g/mol. The van der Waals surface area contributed by atoms with Gasteiger partial charge in [0.1, 0.15) is 0 Å². The van der Waals surface area contributed by atoms with Gasteiger partial charge < -0.3 is 10.1 Å². The average molecular weight is 409 g/mol. The van der Waals surface area contributed by atoms with Crippen LogP contribution in [0.4, 0.5) is 9.18 Å². The van der Waals surface area contributed by atoms with Crippen LogP contribution >= 0.6 is 15.9 Å². The van der Waals surface area contributed by atoms with Crippen LogP contribution in [0.25, 0.3) is 0 Å². The maximum atomic E-state index is 13.5. The zero-order valence-electron chi connectivity index (χ0n) is 11.8. The summed E-state index contributed by atoms with van der Waals surface area (Å²) < 4.78 is 41.5. The van der Waals surface area contributed by atoms with Crippen LogP contribution in [0.15, 0.2) is 22.7 Å². The molecule has 126 valence electrons. The molecule has 1 aliphatic heterocycles. The van der Waals surface area contributed by atoms with Gasteiger partial charge in [0.25, 0.3) is 5.91 Å². The third kappa shape index (κ3) is 5.47. The fraction of sp³-hybridized carbons (Fsp3) is 0.385. The number of amides is 3. The molecule has 23 heavy (non-hydrogen) atoms. The summed E-state index contributed by atoms with van der Waals surface area (Å²) in [6.07, 6.45) is 0.310. The monoisotopic (exact) mass is 408 g/mol. The Bertz CT molecular complexity index is 725. The Labute approximate surface area is 140 Å². The Morgan fingerprint density at radius 1 is 1.39 bits per heavy atom. The molecule has 2 rings (SSSR count). The van der Waals surface area contributed by atoms with Gasteiger partial charge in [-0.1, -0.05) is 15.9 Å². The van der Waals surface area contributed by atoms with Crippen LogP contribution in [0.3, 0.4) is 0 Å². The molecule has 2 N–H and O–H groups in total. The lowest BCUT2D eigenvalue weighted by Gasteiger charge is -2.12. The van der Waals surface area contributed by atoms with E-state index in [1.165, 1.54) is 12.1 Å². The number of imide groups is 1. The highest BCUT2D eigenvalue weighted by Gasteiger charge is 2.29. The molecule has 3 amide bonds. The molecule has 7 nitrogen and oxygen atoms in total. The molecule has 1 heterocycles. The number of carbonyl (C=O) groups is 2. The summed E-state index contributed by atoms with van der Waals surface area (Å²) in [6.45, 7) is -0.547. The first-order valence-electron chi connectivity index (χ1n) is 6.64. The highest BCUT2D eigenvalue weighted by molar-refractivity contribution is 9.10. The highest BCUT2D eigenvalue weighted by Crippen LogP contribution is 2.21. The van der Waals surface area contributed by atoms with Crippen molar-refractivity contribution in [3.05, 3.63) is 28.5 Å². The van der Waals surface area contributed by atoms with Crippen LogP contribution in [-0.4, -0.2) is 44.5 Å². The van der Waals surface area contributed by atoms with Gasteiger partial charge in [0.05, 0.1) is 11.5 Å². The summed E-state index contributed by atoms with van der Waals surface area (Å²) in [5.74, 6) is -1.67. The molecule has 1 aliphatic rings. The van der Waals surface area contributed by atoms with Crippen molar-refractivity contribution in [3.8, 4) is 5.75 Å². The smallest absolute Gasteiger partial charge is 0.321 e. The van der Waals surface area contributed by atoms with Gasteiger partial charge in [0, 0.05) is 10.5 Å². The normalized spacial score (nSPS) is 19.1. The number of nitrogens with one attached hydrogen (secondary N) is 2. The Kier molecular flexibility index (Phi) is 5.58. The number of hydrogen-bond acceptors (Lipinski definition) is 5. The lowest BCUT2D eigenvalue weighted by Crippen LogP contribution is -2.46. The van der Waals surface area contributed by atoms with Crippen molar-refractivity contribution in [2.75, 3.05) is 18.1 Å². The Hall–Kier alpha value is -1.68. The van der Waals surface area contributed by atoms with Gasteiger partial charge in [0.15, 0.2) is 28.0 Å². The summed E-state index contributed by atoms with van der Waals surface area (Å²) >= 11 is 3.09. The molecule has 1 fully saturated rings. The van der Waals surface area contributed by atoms with E-state index in [1.807, 2.05) is 5.32 Å². The molecule has 0 radical (unpaired) electrons. The summed E-state index contributed by atoms with van der Waals surface area (Å²) in [5, 5.41) is 4.39.